The van der Waals surface area contributed by atoms with Crippen molar-refractivity contribution in [2.24, 2.45) is 0 Å². The Morgan fingerprint density at radius 3 is 2.93 bits per heavy atom. The van der Waals surface area contributed by atoms with Crippen LogP contribution in [0.4, 0.5) is 0 Å². The smallest absolute Gasteiger partial charge is 0.187 e. The van der Waals surface area contributed by atoms with Gasteiger partial charge in [0, 0.05) is 12.2 Å². The quantitative estimate of drug-likeness (QED) is 0.603. The van der Waals surface area contributed by atoms with Gasteiger partial charge in [0.15, 0.2) is 5.16 Å². The van der Waals surface area contributed by atoms with Crippen molar-refractivity contribution >= 4 is 11.8 Å². The number of hydrogen-bond acceptors (Lipinski definition) is 4. The lowest BCUT2D eigenvalue weighted by atomic mass is 10.2. The molecule has 1 heterocycles. The lowest BCUT2D eigenvalue weighted by molar-refractivity contribution is 0.746. The second-order valence-corrected chi connectivity index (χ2v) is 4.24. The summed E-state index contributed by atoms with van der Waals surface area (Å²) in [6.07, 6.45) is 5.54. The van der Waals surface area contributed by atoms with Crippen LogP contribution in [0.5, 0.6) is 0 Å². The van der Waals surface area contributed by atoms with Crippen molar-refractivity contribution in [3.8, 4) is 0 Å². The summed E-state index contributed by atoms with van der Waals surface area (Å²) < 4.78 is 0. The maximum Gasteiger partial charge on any atom is 0.187 e. The molecule has 0 spiro atoms. The standard InChI is InChI=1S/C10H15N3S/c1-11-6-9-7-4-3-5-8(7)12-10(13-9)14-2/h11H,3-6H2,1-2H3. The molecule has 2 rings (SSSR count). The van der Waals surface area contributed by atoms with E-state index >= 15 is 0 Å². The molecule has 0 radical (unpaired) electrons. The lowest BCUT2D eigenvalue weighted by Crippen LogP contribution is -2.11. The van der Waals surface area contributed by atoms with Gasteiger partial charge in [0.1, 0.15) is 0 Å². The predicted molar refractivity (Wildman–Crippen MR) is 58.6 cm³/mol. The van der Waals surface area contributed by atoms with Crippen molar-refractivity contribution in [2.75, 3.05) is 13.3 Å². The highest BCUT2D eigenvalue weighted by atomic mass is 32.2. The molecule has 0 fully saturated rings. The molecule has 4 heteroatoms. The van der Waals surface area contributed by atoms with Gasteiger partial charge in [-0.2, -0.15) is 0 Å². The third-order valence-corrected chi connectivity index (χ3v) is 3.07. The first-order valence-electron chi connectivity index (χ1n) is 4.92. The van der Waals surface area contributed by atoms with Crippen LogP contribution in [-0.2, 0) is 19.4 Å². The Kier molecular flexibility index (Phi) is 3.03. The van der Waals surface area contributed by atoms with Crippen LogP contribution in [0.15, 0.2) is 5.16 Å². The third kappa shape index (κ3) is 1.77. The molecule has 1 aliphatic carbocycles. The minimum atomic E-state index is 0.860. The maximum atomic E-state index is 4.54. The van der Waals surface area contributed by atoms with Gasteiger partial charge < -0.3 is 5.32 Å². The molecule has 76 valence electrons. The van der Waals surface area contributed by atoms with Crippen LogP contribution >= 0.6 is 11.8 Å². The van der Waals surface area contributed by atoms with E-state index in [0.717, 1.165) is 24.5 Å². The van der Waals surface area contributed by atoms with Crippen LogP contribution in [0.1, 0.15) is 23.4 Å². The zero-order valence-electron chi connectivity index (χ0n) is 8.63. The average molecular weight is 209 g/mol. The Labute approximate surface area is 88.7 Å². The van der Waals surface area contributed by atoms with Gasteiger partial charge in [-0.15, -0.1) is 0 Å². The van der Waals surface area contributed by atoms with Crippen molar-refractivity contribution in [3.63, 3.8) is 0 Å². The van der Waals surface area contributed by atoms with Gasteiger partial charge >= 0.3 is 0 Å². The van der Waals surface area contributed by atoms with Crippen LogP contribution in [0.3, 0.4) is 0 Å². The van der Waals surface area contributed by atoms with E-state index in [0.29, 0.717) is 0 Å². The van der Waals surface area contributed by atoms with Gasteiger partial charge in [0.25, 0.3) is 0 Å². The molecule has 0 saturated carbocycles. The Bertz CT molecular complexity index is 338. The number of rotatable bonds is 3. The number of nitrogens with zero attached hydrogens (tertiary/aromatic N) is 2. The molecule has 0 unspecified atom stereocenters. The summed E-state index contributed by atoms with van der Waals surface area (Å²) in [5, 5.41) is 4.08. The number of thioether (sulfide) groups is 1. The largest absolute Gasteiger partial charge is 0.314 e. The molecule has 0 amide bonds. The first kappa shape index (κ1) is 9.93. The van der Waals surface area contributed by atoms with Crippen molar-refractivity contribution in [1.82, 2.24) is 15.3 Å². The molecule has 1 aliphatic rings. The number of hydrogen-bond donors (Lipinski definition) is 1. The molecule has 0 aliphatic heterocycles. The Morgan fingerprint density at radius 2 is 2.21 bits per heavy atom. The fraction of sp³-hybridized carbons (Fsp3) is 0.600. The minimum Gasteiger partial charge on any atom is -0.314 e. The molecule has 0 saturated heterocycles. The summed E-state index contributed by atoms with van der Waals surface area (Å²) in [6, 6.07) is 0. The Balaban J connectivity index is 2.41. The van der Waals surface area contributed by atoms with E-state index in [2.05, 4.69) is 15.3 Å². The summed E-state index contributed by atoms with van der Waals surface area (Å²) in [4.78, 5) is 9.08. The van der Waals surface area contributed by atoms with Gasteiger partial charge in [-0.1, -0.05) is 11.8 Å². The van der Waals surface area contributed by atoms with Crippen molar-refractivity contribution in [2.45, 2.75) is 31.0 Å². The zero-order valence-corrected chi connectivity index (χ0v) is 9.45. The Morgan fingerprint density at radius 1 is 1.36 bits per heavy atom. The number of fused-ring (bicyclic) bond motifs is 1. The second-order valence-electron chi connectivity index (χ2n) is 3.47. The second kappa shape index (κ2) is 4.28. The number of aromatic nitrogens is 2. The zero-order chi connectivity index (χ0) is 9.97. The van der Waals surface area contributed by atoms with E-state index in [1.165, 1.54) is 23.4 Å². The fourth-order valence-corrected chi connectivity index (χ4v) is 2.29. The van der Waals surface area contributed by atoms with E-state index in [9.17, 15) is 0 Å². The van der Waals surface area contributed by atoms with Crippen LogP contribution in [-0.4, -0.2) is 23.3 Å². The summed E-state index contributed by atoms with van der Waals surface area (Å²) in [7, 11) is 1.96. The minimum absolute atomic E-state index is 0.860. The van der Waals surface area contributed by atoms with Crippen LogP contribution in [0.2, 0.25) is 0 Å². The van der Waals surface area contributed by atoms with E-state index in [1.54, 1.807) is 11.8 Å². The summed E-state index contributed by atoms with van der Waals surface area (Å²) >= 11 is 1.62. The average Bonchev–Trinajstić information content (AvgIpc) is 2.66. The molecule has 1 N–H and O–H groups in total. The van der Waals surface area contributed by atoms with Crippen molar-refractivity contribution in [3.05, 3.63) is 17.0 Å². The van der Waals surface area contributed by atoms with E-state index in [1.807, 2.05) is 13.3 Å². The number of aryl methyl sites for hydroxylation is 1. The highest BCUT2D eigenvalue weighted by Crippen LogP contribution is 2.24. The van der Waals surface area contributed by atoms with Gasteiger partial charge in [0.05, 0.1) is 5.69 Å². The van der Waals surface area contributed by atoms with E-state index in [-0.39, 0.29) is 0 Å². The van der Waals surface area contributed by atoms with E-state index < -0.39 is 0 Å². The molecule has 1 aromatic rings. The lowest BCUT2D eigenvalue weighted by Gasteiger charge is -2.08. The highest BCUT2D eigenvalue weighted by molar-refractivity contribution is 7.98. The van der Waals surface area contributed by atoms with Crippen molar-refractivity contribution < 1.29 is 0 Å². The maximum absolute atomic E-state index is 4.54. The first-order valence-corrected chi connectivity index (χ1v) is 6.15. The summed E-state index contributed by atoms with van der Waals surface area (Å²) in [5.74, 6) is 0. The van der Waals surface area contributed by atoms with Gasteiger partial charge in [-0.25, -0.2) is 9.97 Å². The Hall–Kier alpha value is -0.610. The molecular weight excluding hydrogens is 194 g/mol. The molecule has 0 aromatic carbocycles. The fourth-order valence-electron chi connectivity index (χ4n) is 1.89. The normalized spacial score (nSPS) is 14.4. The third-order valence-electron chi connectivity index (χ3n) is 2.53. The summed E-state index contributed by atoms with van der Waals surface area (Å²) in [6.45, 7) is 0.860. The first-order chi connectivity index (χ1) is 6.85. The topological polar surface area (TPSA) is 37.8 Å². The molecule has 14 heavy (non-hydrogen) atoms. The highest BCUT2D eigenvalue weighted by Gasteiger charge is 2.18. The van der Waals surface area contributed by atoms with Crippen molar-refractivity contribution in [1.29, 1.82) is 0 Å². The molecular formula is C10H15N3S. The monoisotopic (exact) mass is 209 g/mol. The number of nitrogens with one attached hydrogen (secondary N) is 1. The molecule has 1 aromatic heterocycles. The SMILES string of the molecule is CNCc1nc(SC)nc2c1CCC2. The molecule has 3 nitrogen and oxygen atoms in total. The van der Waals surface area contributed by atoms with Crippen LogP contribution in [0.25, 0.3) is 0 Å². The molecule has 0 bridgehead atoms. The molecule has 0 atom stereocenters. The van der Waals surface area contributed by atoms with Crippen LogP contribution < -0.4 is 5.32 Å². The van der Waals surface area contributed by atoms with Gasteiger partial charge in [0.2, 0.25) is 0 Å². The van der Waals surface area contributed by atoms with Gasteiger partial charge in [-0.05, 0) is 38.1 Å². The van der Waals surface area contributed by atoms with Crippen LogP contribution in [0, 0.1) is 0 Å². The van der Waals surface area contributed by atoms with E-state index in [4.69, 9.17) is 0 Å². The summed E-state index contributed by atoms with van der Waals surface area (Å²) in [5.41, 5.74) is 3.85. The predicted octanol–water partition coefficient (Wildman–Crippen LogP) is 1.41. The van der Waals surface area contributed by atoms with Gasteiger partial charge in [-0.3, -0.25) is 0 Å².